The van der Waals surface area contributed by atoms with Crippen molar-refractivity contribution in [3.05, 3.63) is 47.8 Å². The number of rotatable bonds is 19. The zero-order chi connectivity index (χ0) is 25.1. The van der Waals surface area contributed by atoms with Crippen molar-refractivity contribution in [2.24, 2.45) is 0 Å². The minimum atomic E-state index is -0.104. The van der Waals surface area contributed by atoms with Crippen molar-refractivity contribution in [2.75, 3.05) is 0 Å². The molecule has 0 aliphatic heterocycles. The maximum Gasteiger partial charge on any atom is 0.306 e. The molecule has 0 amide bonds. The molecule has 1 heterocycles. The van der Waals surface area contributed by atoms with Crippen molar-refractivity contribution < 1.29 is 9.53 Å². The number of unbranched alkanes of at least 4 members (excludes halogenated alkanes) is 10. The Balaban J connectivity index is 1.66. The lowest BCUT2D eigenvalue weighted by Gasteiger charge is -2.13. The molecule has 0 spiro atoms. The summed E-state index contributed by atoms with van der Waals surface area (Å²) in [6.07, 6.45) is 22.6. The van der Waals surface area contributed by atoms with Gasteiger partial charge in [-0.3, -0.25) is 4.79 Å². The molecule has 0 saturated carbocycles. The number of nitrogens with zero attached hydrogens (tertiary/aromatic N) is 2. The Kier molecular flexibility index (Phi) is 15.0. The van der Waals surface area contributed by atoms with Crippen LogP contribution in [0.4, 0.5) is 0 Å². The first-order valence-corrected chi connectivity index (χ1v) is 14.2. The van der Waals surface area contributed by atoms with Gasteiger partial charge in [0.05, 0.1) is 6.10 Å². The van der Waals surface area contributed by atoms with Crippen LogP contribution < -0.4 is 0 Å². The molecular formula is C31H48N2O2. The first-order chi connectivity index (χ1) is 17.1. The maximum absolute atomic E-state index is 12.2. The summed E-state index contributed by atoms with van der Waals surface area (Å²) in [5, 5.41) is 0. The molecule has 0 aliphatic rings. The number of ether oxygens (including phenoxy) is 1. The predicted molar refractivity (Wildman–Crippen MR) is 146 cm³/mol. The predicted octanol–water partition coefficient (Wildman–Crippen LogP) is 8.66. The molecule has 0 radical (unpaired) electrons. The summed E-state index contributed by atoms with van der Waals surface area (Å²) in [7, 11) is 0. The van der Waals surface area contributed by atoms with E-state index < -0.39 is 0 Å². The molecular weight excluding hydrogens is 432 g/mol. The number of carbonyl (C=O) groups excluding carboxylic acids is 1. The van der Waals surface area contributed by atoms with Gasteiger partial charge in [-0.05, 0) is 50.2 Å². The van der Waals surface area contributed by atoms with E-state index in [-0.39, 0.29) is 12.1 Å². The molecule has 1 atom stereocenters. The van der Waals surface area contributed by atoms with Crippen LogP contribution in [-0.4, -0.2) is 22.0 Å². The molecule has 0 bridgehead atoms. The molecule has 4 heteroatoms. The third kappa shape index (κ3) is 12.9. The van der Waals surface area contributed by atoms with E-state index in [0.717, 1.165) is 36.2 Å². The zero-order valence-corrected chi connectivity index (χ0v) is 22.6. The zero-order valence-electron chi connectivity index (χ0n) is 22.6. The van der Waals surface area contributed by atoms with Crippen LogP contribution in [0.1, 0.15) is 122 Å². The van der Waals surface area contributed by atoms with Gasteiger partial charge in [0.25, 0.3) is 0 Å². The normalized spacial score (nSPS) is 12.0. The molecule has 1 aromatic heterocycles. The summed E-state index contributed by atoms with van der Waals surface area (Å²) in [6, 6.07) is 8.22. The van der Waals surface area contributed by atoms with Gasteiger partial charge in [-0.15, -0.1) is 0 Å². The highest BCUT2D eigenvalue weighted by molar-refractivity contribution is 5.70. The van der Waals surface area contributed by atoms with Gasteiger partial charge >= 0.3 is 5.97 Å². The van der Waals surface area contributed by atoms with E-state index >= 15 is 0 Å². The van der Waals surface area contributed by atoms with E-state index in [0.29, 0.717) is 12.8 Å². The van der Waals surface area contributed by atoms with Gasteiger partial charge in [-0.25, -0.2) is 9.97 Å². The summed E-state index contributed by atoms with van der Waals surface area (Å²) in [6.45, 7) is 6.47. The number of aryl methyl sites for hydroxylation is 2. The topological polar surface area (TPSA) is 52.1 Å². The first-order valence-electron chi connectivity index (χ1n) is 14.2. The Bertz CT molecular complexity index is 802. The lowest BCUT2D eigenvalue weighted by atomic mass is 10.1. The van der Waals surface area contributed by atoms with E-state index in [1.165, 1.54) is 76.2 Å². The molecule has 2 rings (SSSR count). The number of esters is 1. The molecule has 194 valence electrons. The van der Waals surface area contributed by atoms with Gasteiger partial charge in [-0.1, -0.05) is 102 Å². The Labute approximate surface area is 214 Å². The second-order valence-electron chi connectivity index (χ2n) is 9.99. The lowest BCUT2D eigenvalue weighted by molar-refractivity contribution is -0.148. The highest BCUT2D eigenvalue weighted by Crippen LogP contribution is 2.18. The fourth-order valence-electron chi connectivity index (χ4n) is 4.36. The van der Waals surface area contributed by atoms with Crippen LogP contribution in [0.2, 0.25) is 0 Å². The largest absolute Gasteiger partial charge is 0.463 e. The molecule has 35 heavy (non-hydrogen) atoms. The molecule has 0 N–H and O–H groups in total. The Morgan fingerprint density at radius 2 is 1.31 bits per heavy atom. The van der Waals surface area contributed by atoms with E-state index in [9.17, 15) is 4.79 Å². The molecule has 0 fully saturated rings. The SMILES string of the molecule is CCCCCCCCCCc1cnc(-c2ccc(CCC(=O)O[C@H](C)CCCCCC)cc2)nc1. The molecule has 0 saturated heterocycles. The standard InChI is InChI=1S/C31H48N2O2/c1-4-6-8-10-11-12-13-15-17-28-24-32-31(33-25-28)29-21-18-27(19-22-29)20-23-30(34)35-26(3)16-14-9-7-5-2/h18-19,21-22,24-26H,4-17,20,23H2,1-3H3/t26-/m1/s1. The molecule has 4 nitrogen and oxygen atoms in total. The van der Waals surface area contributed by atoms with Crippen LogP contribution in [0.5, 0.6) is 0 Å². The van der Waals surface area contributed by atoms with Crippen molar-refractivity contribution in [1.82, 2.24) is 9.97 Å². The molecule has 0 unspecified atom stereocenters. The fourth-order valence-corrected chi connectivity index (χ4v) is 4.36. The summed E-state index contributed by atoms with van der Waals surface area (Å²) in [5.41, 5.74) is 3.36. The van der Waals surface area contributed by atoms with Crippen molar-refractivity contribution in [1.29, 1.82) is 0 Å². The van der Waals surface area contributed by atoms with Gasteiger partial charge in [0.1, 0.15) is 0 Å². The van der Waals surface area contributed by atoms with E-state index in [2.05, 4.69) is 35.9 Å². The molecule has 0 aliphatic carbocycles. The number of hydrogen-bond acceptors (Lipinski definition) is 4. The third-order valence-electron chi connectivity index (χ3n) is 6.65. The fraction of sp³-hybridized carbons (Fsp3) is 0.645. The summed E-state index contributed by atoms with van der Waals surface area (Å²) in [5.74, 6) is 0.653. The number of benzene rings is 1. The lowest BCUT2D eigenvalue weighted by Crippen LogP contribution is -2.15. The number of hydrogen-bond donors (Lipinski definition) is 0. The monoisotopic (exact) mass is 480 g/mol. The summed E-state index contributed by atoms with van der Waals surface area (Å²) >= 11 is 0. The van der Waals surface area contributed by atoms with Crippen molar-refractivity contribution in [3.63, 3.8) is 0 Å². The van der Waals surface area contributed by atoms with Gasteiger partial charge < -0.3 is 4.74 Å². The van der Waals surface area contributed by atoms with Crippen LogP contribution in [-0.2, 0) is 22.4 Å². The van der Waals surface area contributed by atoms with Gasteiger partial charge in [-0.2, -0.15) is 0 Å². The summed E-state index contributed by atoms with van der Waals surface area (Å²) in [4.78, 5) is 21.3. The average molecular weight is 481 g/mol. The van der Waals surface area contributed by atoms with E-state index in [1.807, 2.05) is 31.5 Å². The van der Waals surface area contributed by atoms with Gasteiger partial charge in [0, 0.05) is 24.4 Å². The Morgan fingerprint density at radius 1 is 0.743 bits per heavy atom. The number of carbonyl (C=O) groups is 1. The van der Waals surface area contributed by atoms with Crippen LogP contribution >= 0.6 is 0 Å². The second kappa shape index (κ2) is 18.1. The summed E-state index contributed by atoms with van der Waals surface area (Å²) < 4.78 is 5.56. The first kappa shape index (κ1) is 29.0. The minimum Gasteiger partial charge on any atom is -0.463 e. The Morgan fingerprint density at radius 3 is 1.94 bits per heavy atom. The van der Waals surface area contributed by atoms with Crippen LogP contribution in [0, 0.1) is 0 Å². The van der Waals surface area contributed by atoms with Crippen LogP contribution in [0.3, 0.4) is 0 Å². The maximum atomic E-state index is 12.2. The van der Waals surface area contributed by atoms with Crippen molar-refractivity contribution in [3.8, 4) is 11.4 Å². The van der Waals surface area contributed by atoms with Gasteiger partial charge in [0.15, 0.2) is 5.82 Å². The van der Waals surface area contributed by atoms with E-state index in [4.69, 9.17) is 4.74 Å². The van der Waals surface area contributed by atoms with Crippen molar-refractivity contribution in [2.45, 2.75) is 130 Å². The third-order valence-corrected chi connectivity index (χ3v) is 6.65. The highest BCUT2D eigenvalue weighted by Gasteiger charge is 2.10. The van der Waals surface area contributed by atoms with Crippen molar-refractivity contribution >= 4 is 5.97 Å². The second-order valence-corrected chi connectivity index (χ2v) is 9.99. The van der Waals surface area contributed by atoms with Crippen LogP contribution in [0.25, 0.3) is 11.4 Å². The smallest absolute Gasteiger partial charge is 0.306 e. The van der Waals surface area contributed by atoms with E-state index in [1.54, 1.807) is 0 Å². The average Bonchev–Trinajstić information content (AvgIpc) is 2.88. The Hall–Kier alpha value is -2.23. The quantitative estimate of drug-likeness (QED) is 0.149. The number of aromatic nitrogens is 2. The molecule has 1 aromatic carbocycles. The molecule has 2 aromatic rings. The van der Waals surface area contributed by atoms with Gasteiger partial charge in [0.2, 0.25) is 0 Å². The highest BCUT2D eigenvalue weighted by atomic mass is 16.5. The minimum absolute atomic E-state index is 0.0115. The van der Waals surface area contributed by atoms with Crippen LogP contribution in [0.15, 0.2) is 36.7 Å².